The van der Waals surface area contributed by atoms with Crippen LogP contribution >= 0.6 is 15.9 Å². The third-order valence-corrected chi connectivity index (χ3v) is 8.82. The van der Waals surface area contributed by atoms with Crippen LogP contribution in [-0.4, -0.2) is 13.0 Å². The van der Waals surface area contributed by atoms with E-state index < -0.39 is 10.0 Å². The summed E-state index contributed by atoms with van der Waals surface area (Å²) in [4.78, 5) is 0.230. The van der Waals surface area contributed by atoms with Gasteiger partial charge < -0.3 is 9.30 Å². The van der Waals surface area contributed by atoms with Crippen molar-refractivity contribution in [2.45, 2.75) is 23.8 Å². The first kappa shape index (κ1) is 23.8. The second-order valence-corrected chi connectivity index (χ2v) is 12.1. The Morgan fingerprint density at radius 2 is 1.65 bits per heavy atom. The number of sulfonamides is 1. The van der Waals surface area contributed by atoms with Crippen molar-refractivity contribution in [1.82, 2.24) is 4.57 Å². The van der Waals surface area contributed by atoms with Crippen molar-refractivity contribution in [2.75, 3.05) is 4.72 Å². The second kappa shape index (κ2) is 9.08. The standard InChI is InChI=1S/C30H25BrN2O3S/c1-19-8-12-23(13-9-19)37(34,35)32-22-11-15-28-25(17-22)29(20-6-4-3-5-7-20)30(36-28)26-18-33(2)27-14-10-21(31)16-24(26)27/h3-18,29-30,32H,1-2H3/t29-,30+/m0/s1. The van der Waals surface area contributed by atoms with Crippen molar-refractivity contribution < 1.29 is 13.2 Å². The van der Waals surface area contributed by atoms with Crippen molar-refractivity contribution in [1.29, 1.82) is 0 Å². The number of hydrogen-bond donors (Lipinski definition) is 1. The van der Waals surface area contributed by atoms with Gasteiger partial charge in [0, 0.05) is 45.4 Å². The molecule has 5 aromatic rings. The van der Waals surface area contributed by atoms with Crippen LogP contribution in [0.15, 0.2) is 107 Å². The third-order valence-electron chi connectivity index (χ3n) is 6.93. The van der Waals surface area contributed by atoms with Gasteiger partial charge in [-0.25, -0.2) is 8.42 Å². The van der Waals surface area contributed by atoms with Gasteiger partial charge in [-0.3, -0.25) is 4.72 Å². The fourth-order valence-corrected chi connectivity index (χ4v) is 6.55. The molecule has 0 unspecified atom stereocenters. The van der Waals surface area contributed by atoms with E-state index >= 15 is 0 Å². The van der Waals surface area contributed by atoms with Gasteiger partial charge in [0.05, 0.1) is 10.8 Å². The van der Waals surface area contributed by atoms with Gasteiger partial charge in [-0.15, -0.1) is 0 Å². The molecule has 5 nitrogen and oxygen atoms in total. The molecule has 0 saturated heterocycles. The number of fused-ring (bicyclic) bond motifs is 2. The lowest BCUT2D eigenvalue weighted by atomic mass is 9.85. The van der Waals surface area contributed by atoms with Crippen LogP contribution in [0.2, 0.25) is 0 Å². The summed E-state index contributed by atoms with van der Waals surface area (Å²) in [6.07, 6.45) is 1.87. The van der Waals surface area contributed by atoms with Crippen LogP contribution in [0.25, 0.3) is 10.9 Å². The van der Waals surface area contributed by atoms with Crippen LogP contribution in [-0.2, 0) is 17.1 Å². The van der Waals surface area contributed by atoms with Gasteiger partial charge >= 0.3 is 0 Å². The molecule has 7 heteroatoms. The van der Waals surface area contributed by atoms with Gasteiger partial charge in [0.25, 0.3) is 10.0 Å². The maximum Gasteiger partial charge on any atom is 0.261 e. The molecule has 0 spiro atoms. The minimum absolute atomic E-state index is 0.107. The Balaban J connectivity index is 1.44. The average Bonchev–Trinajstić information content (AvgIpc) is 3.41. The Hall–Kier alpha value is -3.55. The second-order valence-electron chi connectivity index (χ2n) is 9.45. The summed E-state index contributed by atoms with van der Waals surface area (Å²) >= 11 is 3.62. The van der Waals surface area contributed by atoms with Gasteiger partial charge in [0.15, 0.2) is 0 Å². The first-order chi connectivity index (χ1) is 17.8. The minimum atomic E-state index is -3.72. The molecule has 0 bridgehead atoms. The smallest absolute Gasteiger partial charge is 0.261 e. The molecule has 0 amide bonds. The van der Waals surface area contributed by atoms with Gasteiger partial charge in [0.1, 0.15) is 11.9 Å². The number of halogens is 1. The van der Waals surface area contributed by atoms with Gasteiger partial charge in [-0.1, -0.05) is 64.0 Å². The quantitative estimate of drug-likeness (QED) is 0.240. The summed E-state index contributed by atoms with van der Waals surface area (Å²) in [6.45, 7) is 1.93. The van der Waals surface area contributed by atoms with Crippen LogP contribution in [0.1, 0.15) is 34.3 Å². The Kier molecular flexibility index (Phi) is 5.85. The predicted molar refractivity (Wildman–Crippen MR) is 151 cm³/mol. The largest absolute Gasteiger partial charge is 0.484 e. The summed E-state index contributed by atoms with van der Waals surface area (Å²) in [7, 11) is -1.69. The van der Waals surface area contributed by atoms with E-state index in [1.165, 1.54) is 0 Å². The van der Waals surface area contributed by atoms with E-state index in [1.807, 2.05) is 50.4 Å². The van der Waals surface area contributed by atoms with Crippen LogP contribution in [0, 0.1) is 6.92 Å². The molecule has 0 fully saturated rings. The molecule has 6 rings (SSSR count). The molecular formula is C30H25BrN2O3S. The monoisotopic (exact) mass is 572 g/mol. The number of anilines is 1. The number of nitrogens with one attached hydrogen (secondary N) is 1. The van der Waals surface area contributed by atoms with E-state index in [0.717, 1.165) is 43.4 Å². The van der Waals surface area contributed by atoms with Crippen molar-refractivity contribution in [3.05, 3.63) is 124 Å². The zero-order valence-electron chi connectivity index (χ0n) is 20.4. The number of ether oxygens (including phenoxy) is 1. The maximum atomic E-state index is 13.1. The highest BCUT2D eigenvalue weighted by molar-refractivity contribution is 9.10. The van der Waals surface area contributed by atoms with E-state index in [1.54, 1.807) is 30.3 Å². The molecule has 2 heterocycles. The molecule has 1 aliphatic rings. The SMILES string of the molecule is Cc1ccc(S(=O)(=O)Nc2ccc3c(c2)[C@H](c2ccccc2)[C@@H](c2cn(C)c4ccc(Br)cc24)O3)cc1. The fraction of sp³-hybridized carbons (Fsp3) is 0.133. The van der Waals surface area contributed by atoms with E-state index in [2.05, 4.69) is 55.7 Å². The maximum absolute atomic E-state index is 13.1. The van der Waals surface area contributed by atoms with Gasteiger partial charge in [-0.2, -0.15) is 0 Å². The van der Waals surface area contributed by atoms with Crippen molar-refractivity contribution in [3.63, 3.8) is 0 Å². The highest BCUT2D eigenvalue weighted by Crippen LogP contribution is 2.51. The Labute approximate surface area is 224 Å². The van der Waals surface area contributed by atoms with E-state index in [0.29, 0.717) is 5.69 Å². The van der Waals surface area contributed by atoms with E-state index in [4.69, 9.17) is 4.74 Å². The number of nitrogens with zero attached hydrogens (tertiary/aromatic N) is 1. The van der Waals surface area contributed by atoms with Crippen LogP contribution in [0.5, 0.6) is 5.75 Å². The summed E-state index contributed by atoms with van der Waals surface area (Å²) in [5.74, 6) is 0.647. The van der Waals surface area contributed by atoms with Crippen molar-refractivity contribution in [3.8, 4) is 5.75 Å². The third kappa shape index (κ3) is 4.32. The summed E-state index contributed by atoms with van der Waals surface area (Å²) in [6, 6.07) is 28.9. The molecule has 37 heavy (non-hydrogen) atoms. The van der Waals surface area contributed by atoms with Crippen LogP contribution in [0.3, 0.4) is 0 Å². The highest BCUT2D eigenvalue weighted by atomic mass is 79.9. The lowest BCUT2D eigenvalue weighted by Crippen LogP contribution is -2.13. The van der Waals surface area contributed by atoms with Gasteiger partial charge in [-0.05, 0) is 61.0 Å². The molecule has 0 saturated carbocycles. The van der Waals surface area contributed by atoms with Crippen LogP contribution in [0.4, 0.5) is 5.69 Å². The molecule has 1 aromatic heterocycles. The molecule has 186 valence electrons. The summed E-state index contributed by atoms with van der Waals surface area (Å²) in [5.41, 5.74) is 5.78. The van der Waals surface area contributed by atoms with E-state index in [9.17, 15) is 8.42 Å². The molecule has 2 atom stereocenters. The van der Waals surface area contributed by atoms with Crippen molar-refractivity contribution in [2.24, 2.45) is 7.05 Å². The Morgan fingerprint density at radius 1 is 0.892 bits per heavy atom. The summed E-state index contributed by atoms with van der Waals surface area (Å²) in [5, 5.41) is 1.12. The highest BCUT2D eigenvalue weighted by Gasteiger charge is 2.38. The minimum Gasteiger partial charge on any atom is -0.484 e. The summed E-state index contributed by atoms with van der Waals surface area (Å²) < 4.78 is 38.6. The number of benzene rings is 4. The Bertz CT molecular complexity index is 1730. The topological polar surface area (TPSA) is 60.3 Å². The molecule has 1 N–H and O–H groups in total. The molecule has 4 aromatic carbocycles. The number of rotatable bonds is 5. The Morgan fingerprint density at radius 3 is 2.41 bits per heavy atom. The normalized spacial score (nSPS) is 16.9. The predicted octanol–water partition coefficient (Wildman–Crippen LogP) is 7.32. The molecule has 0 aliphatic carbocycles. The lowest BCUT2D eigenvalue weighted by molar-refractivity contribution is 0.224. The zero-order chi connectivity index (χ0) is 25.7. The average molecular weight is 574 g/mol. The van der Waals surface area contributed by atoms with Gasteiger partial charge in [0.2, 0.25) is 0 Å². The fourth-order valence-electron chi connectivity index (χ4n) is 5.14. The van der Waals surface area contributed by atoms with E-state index in [-0.39, 0.29) is 16.9 Å². The molecule has 0 radical (unpaired) electrons. The number of aromatic nitrogens is 1. The van der Waals surface area contributed by atoms with Crippen LogP contribution < -0.4 is 9.46 Å². The lowest BCUT2D eigenvalue weighted by Gasteiger charge is -2.20. The first-order valence-electron chi connectivity index (χ1n) is 12.0. The first-order valence-corrected chi connectivity index (χ1v) is 14.3. The molecular weight excluding hydrogens is 548 g/mol. The van der Waals surface area contributed by atoms with Crippen molar-refractivity contribution >= 4 is 42.5 Å². The molecule has 1 aliphatic heterocycles. The number of hydrogen-bond acceptors (Lipinski definition) is 3. The number of aryl methyl sites for hydroxylation is 2. The zero-order valence-corrected chi connectivity index (χ0v) is 22.8.